The summed E-state index contributed by atoms with van der Waals surface area (Å²) in [5, 5.41) is 14.3. The molecule has 4 aromatic rings. The molecule has 0 saturated heterocycles. The molecule has 6 nitrogen and oxygen atoms in total. The van der Waals surface area contributed by atoms with Crippen molar-refractivity contribution in [1.29, 1.82) is 0 Å². The SMILES string of the molecule is Cc1ccc(-c2nnc(SCC(=O)N/N=C/C(Cl)=C/c3ccccc3)n2-c2ccc(Cl)cc2)cc1. The Morgan fingerprint density at radius 2 is 1.74 bits per heavy atom. The van der Waals surface area contributed by atoms with Gasteiger partial charge in [0.2, 0.25) is 0 Å². The van der Waals surface area contributed by atoms with Gasteiger partial charge in [-0.2, -0.15) is 5.10 Å². The van der Waals surface area contributed by atoms with E-state index in [1.165, 1.54) is 18.0 Å². The summed E-state index contributed by atoms with van der Waals surface area (Å²) in [6.07, 6.45) is 3.15. The fraction of sp³-hybridized carbons (Fsp3) is 0.0769. The van der Waals surface area contributed by atoms with Crippen LogP contribution in [0, 0.1) is 6.92 Å². The molecule has 4 rings (SSSR count). The zero-order valence-corrected chi connectivity index (χ0v) is 21.1. The molecule has 1 heterocycles. The molecule has 0 aliphatic rings. The third-order valence-electron chi connectivity index (χ3n) is 4.84. The molecule has 0 aliphatic heterocycles. The van der Waals surface area contributed by atoms with Crippen LogP contribution < -0.4 is 5.43 Å². The van der Waals surface area contributed by atoms with Gasteiger partial charge in [0.25, 0.3) is 5.91 Å². The van der Waals surface area contributed by atoms with Crippen molar-refractivity contribution in [3.63, 3.8) is 0 Å². The van der Waals surface area contributed by atoms with E-state index in [1.54, 1.807) is 18.2 Å². The van der Waals surface area contributed by atoms with E-state index >= 15 is 0 Å². The average Bonchev–Trinajstić information content (AvgIpc) is 3.28. The van der Waals surface area contributed by atoms with Crippen LogP contribution in [0.1, 0.15) is 11.1 Å². The average molecular weight is 522 g/mol. The smallest absolute Gasteiger partial charge is 0.250 e. The molecule has 1 aromatic heterocycles. The first-order valence-electron chi connectivity index (χ1n) is 10.6. The number of nitrogens with zero attached hydrogens (tertiary/aromatic N) is 4. The van der Waals surface area contributed by atoms with Crippen molar-refractivity contribution in [2.75, 3.05) is 5.75 Å². The van der Waals surface area contributed by atoms with Crippen molar-refractivity contribution in [2.45, 2.75) is 12.1 Å². The molecule has 0 saturated carbocycles. The lowest BCUT2D eigenvalue weighted by Crippen LogP contribution is -2.19. The van der Waals surface area contributed by atoms with Crippen molar-refractivity contribution in [3.05, 3.63) is 100 Å². The highest BCUT2D eigenvalue weighted by Crippen LogP contribution is 2.28. The zero-order valence-electron chi connectivity index (χ0n) is 18.7. The Morgan fingerprint density at radius 3 is 2.46 bits per heavy atom. The molecule has 0 radical (unpaired) electrons. The first kappa shape index (κ1) is 24.7. The van der Waals surface area contributed by atoms with Crippen LogP contribution >= 0.6 is 35.0 Å². The largest absolute Gasteiger partial charge is 0.272 e. The fourth-order valence-electron chi connectivity index (χ4n) is 3.15. The monoisotopic (exact) mass is 521 g/mol. The van der Waals surface area contributed by atoms with Gasteiger partial charge in [-0.15, -0.1) is 10.2 Å². The fourth-order valence-corrected chi connectivity index (χ4v) is 4.20. The molecular weight excluding hydrogens is 501 g/mol. The van der Waals surface area contributed by atoms with Crippen LogP contribution in [0.4, 0.5) is 0 Å². The normalized spacial score (nSPS) is 11.7. The quantitative estimate of drug-likeness (QED) is 0.166. The molecule has 0 aliphatic carbocycles. The number of carbonyl (C=O) groups excluding carboxylic acids is 1. The predicted molar refractivity (Wildman–Crippen MR) is 144 cm³/mol. The molecule has 9 heteroatoms. The van der Waals surface area contributed by atoms with Gasteiger partial charge in [-0.3, -0.25) is 9.36 Å². The lowest BCUT2D eigenvalue weighted by Gasteiger charge is -2.10. The maximum atomic E-state index is 12.4. The Labute approximate surface area is 217 Å². The van der Waals surface area contributed by atoms with Gasteiger partial charge in [0.1, 0.15) is 0 Å². The van der Waals surface area contributed by atoms with E-state index in [-0.39, 0.29) is 11.7 Å². The first-order chi connectivity index (χ1) is 17.0. The molecule has 1 N–H and O–H groups in total. The summed E-state index contributed by atoms with van der Waals surface area (Å²) < 4.78 is 1.90. The summed E-state index contributed by atoms with van der Waals surface area (Å²) in [6.45, 7) is 2.03. The number of hydrogen-bond acceptors (Lipinski definition) is 5. The number of nitrogens with one attached hydrogen (secondary N) is 1. The number of rotatable bonds is 8. The number of allylic oxidation sites excluding steroid dienone is 1. The topological polar surface area (TPSA) is 72.2 Å². The second-order valence-electron chi connectivity index (χ2n) is 7.51. The van der Waals surface area contributed by atoms with Crippen LogP contribution in [-0.4, -0.2) is 32.6 Å². The van der Waals surface area contributed by atoms with Gasteiger partial charge >= 0.3 is 0 Å². The van der Waals surface area contributed by atoms with E-state index in [1.807, 2.05) is 78.2 Å². The maximum Gasteiger partial charge on any atom is 0.250 e. The molecule has 3 aromatic carbocycles. The Kier molecular flexibility index (Phi) is 8.36. The lowest BCUT2D eigenvalue weighted by molar-refractivity contribution is -0.118. The van der Waals surface area contributed by atoms with Crippen molar-refractivity contribution in [2.24, 2.45) is 5.10 Å². The van der Waals surface area contributed by atoms with E-state index in [4.69, 9.17) is 23.2 Å². The van der Waals surface area contributed by atoms with Gasteiger partial charge in [0, 0.05) is 16.3 Å². The van der Waals surface area contributed by atoms with Crippen LogP contribution in [0.15, 0.2) is 94.2 Å². The minimum Gasteiger partial charge on any atom is -0.272 e. The molecule has 0 atom stereocenters. The molecule has 0 unspecified atom stereocenters. The number of hydrazone groups is 1. The van der Waals surface area contributed by atoms with Crippen LogP contribution in [0.25, 0.3) is 23.2 Å². The number of hydrogen-bond donors (Lipinski definition) is 1. The lowest BCUT2D eigenvalue weighted by atomic mass is 10.1. The van der Waals surface area contributed by atoms with Crippen molar-refractivity contribution in [3.8, 4) is 17.1 Å². The van der Waals surface area contributed by atoms with Gasteiger partial charge in [-0.25, -0.2) is 5.43 Å². The van der Waals surface area contributed by atoms with E-state index < -0.39 is 0 Å². The highest BCUT2D eigenvalue weighted by atomic mass is 35.5. The summed E-state index contributed by atoms with van der Waals surface area (Å²) in [4.78, 5) is 12.4. The Bertz CT molecular complexity index is 1350. The third kappa shape index (κ3) is 6.82. The Balaban J connectivity index is 1.47. The van der Waals surface area contributed by atoms with Crippen LogP contribution in [0.3, 0.4) is 0 Å². The van der Waals surface area contributed by atoms with Crippen LogP contribution in [0.5, 0.6) is 0 Å². The van der Waals surface area contributed by atoms with E-state index in [0.717, 1.165) is 22.4 Å². The van der Waals surface area contributed by atoms with Gasteiger partial charge in [0.05, 0.1) is 17.0 Å². The Morgan fingerprint density at radius 1 is 1.03 bits per heavy atom. The summed E-state index contributed by atoms with van der Waals surface area (Å²) in [5.41, 5.74) is 6.34. The second-order valence-corrected chi connectivity index (χ2v) is 9.32. The van der Waals surface area contributed by atoms with Crippen molar-refractivity contribution >= 4 is 53.2 Å². The standard InChI is InChI=1S/C26H21Cl2N5OS/c1-18-7-9-20(10-8-18)25-31-32-26(33(25)23-13-11-21(27)12-14-23)35-17-24(34)30-29-16-22(28)15-19-5-3-2-4-6-19/h2-16H,17H2,1H3,(H,30,34)/b22-15-,29-16+. The maximum absolute atomic E-state index is 12.4. The molecule has 0 bridgehead atoms. The Hall–Kier alpha value is -3.39. The van der Waals surface area contributed by atoms with Crippen molar-refractivity contribution < 1.29 is 4.79 Å². The highest BCUT2D eigenvalue weighted by molar-refractivity contribution is 7.99. The number of thioether (sulfide) groups is 1. The van der Waals surface area contributed by atoms with Crippen LogP contribution in [0.2, 0.25) is 5.02 Å². The number of aryl methyl sites for hydroxylation is 1. The number of halogens is 2. The van der Waals surface area contributed by atoms with Crippen LogP contribution in [-0.2, 0) is 4.79 Å². The van der Waals surface area contributed by atoms with E-state index in [0.29, 0.717) is 21.0 Å². The molecule has 1 amide bonds. The molecule has 176 valence electrons. The highest BCUT2D eigenvalue weighted by Gasteiger charge is 2.17. The zero-order chi connectivity index (χ0) is 24.6. The van der Waals surface area contributed by atoms with Gasteiger partial charge in [-0.05, 0) is 42.8 Å². The predicted octanol–water partition coefficient (Wildman–Crippen LogP) is 6.37. The molecule has 35 heavy (non-hydrogen) atoms. The molecular formula is C26H21Cl2N5OS. The van der Waals surface area contributed by atoms with Crippen molar-refractivity contribution in [1.82, 2.24) is 20.2 Å². The number of amides is 1. The van der Waals surface area contributed by atoms with E-state index in [9.17, 15) is 4.79 Å². The summed E-state index contributed by atoms with van der Waals surface area (Å²) >= 11 is 13.5. The second kappa shape index (κ2) is 11.8. The molecule has 0 fully saturated rings. The molecule has 0 spiro atoms. The third-order valence-corrected chi connectivity index (χ3v) is 6.23. The minimum absolute atomic E-state index is 0.0942. The minimum atomic E-state index is -0.294. The summed E-state index contributed by atoms with van der Waals surface area (Å²) in [7, 11) is 0. The summed E-state index contributed by atoms with van der Waals surface area (Å²) in [6, 6.07) is 25.0. The van der Waals surface area contributed by atoms with Gasteiger partial charge in [-0.1, -0.05) is 95.1 Å². The number of aromatic nitrogens is 3. The van der Waals surface area contributed by atoms with E-state index in [2.05, 4.69) is 20.7 Å². The number of benzene rings is 3. The van der Waals surface area contributed by atoms with Gasteiger partial charge < -0.3 is 0 Å². The first-order valence-corrected chi connectivity index (χ1v) is 12.4. The number of carbonyl (C=O) groups is 1. The summed E-state index contributed by atoms with van der Waals surface area (Å²) in [5.74, 6) is 0.473. The van der Waals surface area contributed by atoms with Gasteiger partial charge in [0.15, 0.2) is 11.0 Å².